The van der Waals surface area contributed by atoms with E-state index in [4.69, 9.17) is 0 Å². The van der Waals surface area contributed by atoms with Crippen molar-refractivity contribution in [2.24, 2.45) is 0 Å². The molecular weight excluding hydrogens is 337 g/mol. The average Bonchev–Trinajstić information content (AvgIpc) is 2.27. The molecule has 0 atom stereocenters. The first-order chi connectivity index (χ1) is 8.99. The van der Waals surface area contributed by atoms with E-state index in [2.05, 4.69) is 26.6 Å². The van der Waals surface area contributed by atoms with E-state index in [1.807, 2.05) is 20.8 Å². The van der Waals surface area contributed by atoms with Gasteiger partial charge in [0.1, 0.15) is 0 Å². The summed E-state index contributed by atoms with van der Waals surface area (Å²) in [5, 5.41) is 5.39. The predicted molar refractivity (Wildman–Crippen MR) is 75.5 cm³/mol. The Kier molecular flexibility index (Phi) is 5.21. The molecule has 3 nitrogen and oxygen atoms in total. The molecule has 0 radical (unpaired) electrons. The Morgan fingerprint density at radius 1 is 1.25 bits per heavy atom. The molecule has 0 saturated carbocycles. The molecular formula is C13H16BrF3N2O. The molecule has 2 N–H and O–H groups in total. The third-order valence-corrected chi connectivity index (χ3v) is 3.03. The molecule has 0 aliphatic rings. The van der Waals surface area contributed by atoms with Crippen molar-refractivity contribution in [3.05, 3.63) is 28.2 Å². The highest BCUT2D eigenvalue weighted by Gasteiger charge is 2.33. The summed E-state index contributed by atoms with van der Waals surface area (Å²) in [7, 11) is 0. The van der Waals surface area contributed by atoms with Gasteiger partial charge in [-0.3, -0.25) is 4.79 Å². The molecule has 1 aromatic carbocycles. The number of rotatable bonds is 3. The highest BCUT2D eigenvalue weighted by molar-refractivity contribution is 9.10. The Bertz CT molecular complexity index is 495. The lowest BCUT2D eigenvalue weighted by Gasteiger charge is -2.20. The third-order valence-electron chi connectivity index (χ3n) is 2.33. The van der Waals surface area contributed by atoms with E-state index in [0.29, 0.717) is 0 Å². The van der Waals surface area contributed by atoms with Crippen molar-refractivity contribution in [3.8, 4) is 0 Å². The number of hydrogen-bond acceptors (Lipinski definition) is 2. The number of nitrogens with one attached hydrogen (secondary N) is 2. The van der Waals surface area contributed by atoms with E-state index in [0.717, 1.165) is 6.07 Å². The number of amides is 1. The Morgan fingerprint density at radius 3 is 2.35 bits per heavy atom. The summed E-state index contributed by atoms with van der Waals surface area (Å²) >= 11 is 2.84. The van der Waals surface area contributed by atoms with Gasteiger partial charge in [0.05, 0.1) is 12.1 Å². The van der Waals surface area contributed by atoms with Crippen molar-refractivity contribution in [2.45, 2.75) is 32.5 Å². The first kappa shape index (κ1) is 17.0. The SMILES string of the molecule is CC(C)(C)NCC(=O)Nc1ccc(Br)c(C(F)(F)F)c1. The number of anilines is 1. The predicted octanol–water partition coefficient (Wildman–Crippen LogP) is 3.79. The zero-order valence-corrected chi connectivity index (χ0v) is 12.9. The summed E-state index contributed by atoms with van der Waals surface area (Å²) < 4.78 is 38.1. The smallest absolute Gasteiger partial charge is 0.325 e. The topological polar surface area (TPSA) is 41.1 Å². The van der Waals surface area contributed by atoms with Gasteiger partial charge in [-0.15, -0.1) is 0 Å². The van der Waals surface area contributed by atoms with Gasteiger partial charge in [0, 0.05) is 15.7 Å². The van der Waals surface area contributed by atoms with E-state index in [9.17, 15) is 18.0 Å². The lowest BCUT2D eigenvalue weighted by molar-refractivity contribution is -0.138. The van der Waals surface area contributed by atoms with Crippen LogP contribution in [0.25, 0.3) is 0 Å². The third kappa shape index (κ3) is 5.50. The van der Waals surface area contributed by atoms with Gasteiger partial charge in [-0.05, 0) is 39.0 Å². The van der Waals surface area contributed by atoms with E-state index in [1.54, 1.807) is 0 Å². The van der Waals surface area contributed by atoms with Gasteiger partial charge in [-0.1, -0.05) is 15.9 Å². The molecule has 20 heavy (non-hydrogen) atoms. The number of alkyl halides is 3. The minimum atomic E-state index is -4.47. The quantitative estimate of drug-likeness (QED) is 0.868. The summed E-state index contributed by atoms with van der Waals surface area (Å²) in [6.45, 7) is 5.70. The van der Waals surface area contributed by atoms with Crippen molar-refractivity contribution in [1.29, 1.82) is 0 Å². The van der Waals surface area contributed by atoms with Gasteiger partial charge < -0.3 is 10.6 Å². The van der Waals surface area contributed by atoms with Gasteiger partial charge in [-0.2, -0.15) is 13.2 Å². The number of carbonyl (C=O) groups excluding carboxylic acids is 1. The zero-order chi connectivity index (χ0) is 15.6. The maximum atomic E-state index is 12.7. The normalized spacial score (nSPS) is 12.3. The van der Waals surface area contributed by atoms with E-state index < -0.39 is 17.6 Å². The summed E-state index contributed by atoms with van der Waals surface area (Å²) in [6, 6.07) is 3.57. The first-order valence-corrected chi connectivity index (χ1v) is 6.70. The Balaban J connectivity index is 2.77. The van der Waals surface area contributed by atoms with Crippen LogP contribution in [-0.2, 0) is 11.0 Å². The average molecular weight is 353 g/mol. The van der Waals surface area contributed by atoms with Gasteiger partial charge in [0.2, 0.25) is 5.91 Å². The maximum Gasteiger partial charge on any atom is 0.417 e. The van der Waals surface area contributed by atoms with E-state index in [1.165, 1.54) is 12.1 Å². The summed E-state index contributed by atoms with van der Waals surface area (Å²) in [5.74, 6) is -0.393. The lowest BCUT2D eigenvalue weighted by atomic mass is 10.1. The number of hydrogen-bond donors (Lipinski definition) is 2. The lowest BCUT2D eigenvalue weighted by Crippen LogP contribution is -2.41. The Morgan fingerprint density at radius 2 is 1.85 bits per heavy atom. The van der Waals surface area contributed by atoms with E-state index in [-0.39, 0.29) is 22.2 Å². The second kappa shape index (κ2) is 6.13. The monoisotopic (exact) mass is 352 g/mol. The van der Waals surface area contributed by atoms with Gasteiger partial charge in [-0.25, -0.2) is 0 Å². The molecule has 0 saturated heterocycles. The van der Waals surface area contributed by atoms with Gasteiger partial charge in [0.15, 0.2) is 0 Å². The van der Waals surface area contributed by atoms with Crippen molar-refractivity contribution >= 4 is 27.5 Å². The van der Waals surface area contributed by atoms with Gasteiger partial charge >= 0.3 is 6.18 Å². The van der Waals surface area contributed by atoms with Crippen molar-refractivity contribution in [1.82, 2.24) is 5.32 Å². The standard InChI is InChI=1S/C13H16BrF3N2O/c1-12(2,3)18-7-11(20)19-8-4-5-10(14)9(6-8)13(15,16)17/h4-6,18H,7H2,1-3H3,(H,19,20). The van der Waals surface area contributed by atoms with Crippen LogP contribution >= 0.6 is 15.9 Å². The fraction of sp³-hybridized carbons (Fsp3) is 0.462. The van der Waals surface area contributed by atoms with Crippen LogP contribution in [0, 0.1) is 0 Å². The summed E-state index contributed by atoms with van der Waals surface area (Å²) in [5.41, 5.74) is -0.950. The van der Waals surface area contributed by atoms with Crippen molar-refractivity contribution in [2.75, 3.05) is 11.9 Å². The molecule has 0 fully saturated rings. The van der Waals surface area contributed by atoms with Crippen molar-refractivity contribution in [3.63, 3.8) is 0 Å². The van der Waals surface area contributed by atoms with Crippen LogP contribution in [0.3, 0.4) is 0 Å². The molecule has 0 aromatic heterocycles. The minimum Gasteiger partial charge on any atom is -0.325 e. The molecule has 7 heteroatoms. The molecule has 0 bridgehead atoms. The highest BCUT2D eigenvalue weighted by Crippen LogP contribution is 2.36. The summed E-state index contributed by atoms with van der Waals surface area (Å²) in [6.07, 6.45) is -4.47. The molecule has 0 aliphatic carbocycles. The second-order valence-corrected chi connectivity index (χ2v) is 6.20. The maximum absolute atomic E-state index is 12.7. The number of carbonyl (C=O) groups is 1. The van der Waals surface area contributed by atoms with E-state index >= 15 is 0 Å². The molecule has 0 unspecified atom stereocenters. The van der Waals surface area contributed by atoms with Crippen molar-refractivity contribution < 1.29 is 18.0 Å². The molecule has 1 rings (SSSR count). The largest absolute Gasteiger partial charge is 0.417 e. The number of halogens is 4. The van der Waals surface area contributed by atoms with Crippen LogP contribution in [0.5, 0.6) is 0 Å². The molecule has 0 heterocycles. The zero-order valence-electron chi connectivity index (χ0n) is 11.4. The summed E-state index contributed by atoms with van der Waals surface area (Å²) in [4.78, 5) is 11.6. The Labute approximate surface area is 124 Å². The van der Waals surface area contributed by atoms with Crippen LogP contribution < -0.4 is 10.6 Å². The molecule has 112 valence electrons. The fourth-order valence-electron chi connectivity index (χ4n) is 1.37. The van der Waals surface area contributed by atoms with Crippen LogP contribution in [0.15, 0.2) is 22.7 Å². The van der Waals surface area contributed by atoms with Crippen LogP contribution in [0.1, 0.15) is 26.3 Å². The Hall–Kier alpha value is -1.08. The molecule has 1 amide bonds. The molecule has 0 aliphatic heterocycles. The fourth-order valence-corrected chi connectivity index (χ4v) is 1.84. The van der Waals surface area contributed by atoms with Crippen LogP contribution in [0.2, 0.25) is 0 Å². The molecule has 1 aromatic rings. The number of benzene rings is 1. The second-order valence-electron chi connectivity index (χ2n) is 5.34. The molecule has 0 spiro atoms. The van der Waals surface area contributed by atoms with Crippen LogP contribution in [0.4, 0.5) is 18.9 Å². The highest BCUT2D eigenvalue weighted by atomic mass is 79.9. The van der Waals surface area contributed by atoms with Crippen LogP contribution in [-0.4, -0.2) is 18.0 Å². The first-order valence-electron chi connectivity index (χ1n) is 5.91. The van der Waals surface area contributed by atoms with Gasteiger partial charge in [0.25, 0.3) is 0 Å². The minimum absolute atomic E-state index is 0.0287.